The van der Waals surface area contributed by atoms with Crippen LogP contribution >= 0.6 is 0 Å². The molecular weight excluding hydrogens is 738 g/mol. The van der Waals surface area contributed by atoms with Gasteiger partial charge in [0.05, 0.1) is 11.4 Å². The van der Waals surface area contributed by atoms with Gasteiger partial charge in [-0.1, -0.05) is 54.6 Å². The molecule has 1 unspecified atom stereocenters. The summed E-state index contributed by atoms with van der Waals surface area (Å²) in [5.74, 6) is -3.94. The number of nitrogens with one attached hydrogen (secondary N) is 2. The van der Waals surface area contributed by atoms with E-state index in [-0.39, 0.29) is 42.9 Å². The lowest BCUT2D eigenvalue weighted by molar-refractivity contribution is -0.154. The van der Waals surface area contributed by atoms with Gasteiger partial charge in [-0.2, -0.15) is 0 Å². The molecule has 0 aromatic heterocycles. The largest absolute Gasteiger partial charge is 0.461 e. The van der Waals surface area contributed by atoms with Crippen molar-refractivity contribution in [3.63, 3.8) is 0 Å². The first-order chi connectivity index (χ1) is 26.8. The molecule has 3 aromatic rings. The summed E-state index contributed by atoms with van der Waals surface area (Å²) in [7, 11) is 0. The number of carbonyl (C=O) groups excluding carboxylic acids is 7. The lowest BCUT2D eigenvalue weighted by Gasteiger charge is -2.27. The summed E-state index contributed by atoms with van der Waals surface area (Å²) in [4.78, 5) is 94.3. The summed E-state index contributed by atoms with van der Waals surface area (Å²) in [5, 5.41) is 4.98. The topological polar surface area (TPSA) is 213 Å². The third kappa shape index (κ3) is 13.4. The standard InChI is InChI=1S/C41H49N5O11/c1-40(2,3)56-33(48)23-45-29-18-10-11-19-30(29)46(24-34(49)57-41(4,5)6)37(51)35(36(45)50)44-39(53)43-28-17-12-16-27(22-28)31(55-38(42)52)20-13-21-32(47)54-25-26-14-8-7-9-15-26/h7-12,14-19,22,31,35H,13,20-21,23-25H2,1-6H3,(H2,42,52)(H2,43,44,53). The number of primary amides is 1. The number of urea groups is 1. The van der Waals surface area contributed by atoms with Crippen LogP contribution in [0.25, 0.3) is 0 Å². The Hall–Kier alpha value is -6.45. The second kappa shape index (κ2) is 18.9. The Morgan fingerprint density at radius 2 is 1.28 bits per heavy atom. The molecule has 0 fully saturated rings. The molecule has 0 radical (unpaired) electrons. The van der Waals surface area contributed by atoms with Crippen LogP contribution in [0.2, 0.25) is 0 Å². The zero-order valence-electron chi connectivity index (χ0n) is 32.9. The molecule has 0 saturated heterocycles. The minimum Gasteiger partial charge on any atom is -0.461 e. The van der Waals surface area contributed by atoms with E-state index in [4.69, 9.17) is 24.7 Å². The molecule has 1 aliphatic heterocycles. The summed E-state index contributed by atoms with van der Waals surface area (Å²) in [6, 6.07) is 18.7. The van der Waals surface area contributed by atoms with Gasteiger partial charge in [0.25, 0.3) is 11.8 Å². The smallest absolute Gasteiger partial charge is 0.405 e. The van der Waals surface area contributed by atoms with Gasteiger partial charge < -0.3 is 35.3 Å². The zero-order valence-corrected chi connectivity index (χ0v) is 32.9. The second-order valence-electron chi connectivity index (χ2n) is 15.1. The molecule has 16 nitrogen and oxygen atoms in total. The zero-order chi connectivity index (χ0) is 41.9. The number of anilines is 3. The summed E-state index contributed by atoms with van der Waals surface area (Å²) in [5.41, 5.74) is 5.23. The Bertz CT molecular complexity index is 1890. The van der Waals surface area contributed by atoms with Gasteiger partial charge in [0.15, 0.2) is 6.04 Å². The normalized spacial score (nSPS) is 13.8. The number of ether oxygens (including phenoxy) is 4. The quantitative estimate of drug-likeness (QED) is 0.108. The maximum Gasteiger partial charge on any atom is 0.405 e. The molecule has 0 spiro atoms. The number of hydrogen-bond donors (Lipinski definition) is 3. The molecule has 0 saturated carbocycles. The Morgan fingerprint density at radius 1 is 0.737 bits per heavy atom. The van der Waals surface area contributed by atoms with E-state index in [0.717, 1.165) is 15.4 Å². The number of fused-ring (bicyclic) bond motifs is 1. The van der Waals surface area contributed by atoms with E-state index < -0.39 is 78.3 Å². The van der Waals surface area contributed by atoms with E-state index >= 15 is 0 Å². The minimum atomic E-state index is -1.92. The van der Waals surface area contributed by atoms with Gasteiger partial charge in [0.2, 0.25) is 0 Å². The minimum absolute atomic E-state index is 0.0367. The van der Waals surface area contributed by atoms with Crippen molar-refractivity contribution < 1.29 is 52.5 Å². The van der Waals surface area contributed by atoms with E-state index in [9.17, 15) is 33.6 Å². The molecule has 16 heteroatoms. The highest BCUT2D eigenvalue weighted by molar-refractivity contribution is 6.23. The number of rotatable bonds is 14. The van der Waals surface area contributed by atoms with Crippen LogP contribution < -0.4 is 26.2 Å². The van der Waals surface area contributed by atoms with Crippen molar-refractivity contribution in [2.45, 2.75) is 90.8 Å². The number of benzene rings is 3. The van der Waals surface area contributed by atoms with E-state index in [1.54, 1.807) is 65.8 Å². The molecule has 57 heavy (non-hydrogen) atoms. The van der Waals surface area contributed by atoms with Gasteiger partial charge in [-0.3, -0.25) is 33.8 Å². The van der Waals surface area contributed by atoms with Crippen LogP contribution in [0.1, 0.15) is 78.0 Å². The van der Waals surface area contributed by atoms with Crippen LogP contribution in [0.3, 0.4) is 0 Å². The van der Waals surface area contributed by atoms with Crippen LogP contribution in [-0.4, -0.2) is 72.2 Å². The number of hydrogen-bond acceptors (Lipinski definition) is 11. The van der Waals surface area contributed by atoms with Crippen molar-refractivity contribution >= 4 is 58.9 Å². The highest BCUT2D eigenvalue weighted by atomic mass is 16.6. The summed E-state index contributed by atoms with van der Waals surface area (Å²) in [6.07, 6.45) is -1.46. The van der Waals surface area contributed by atoms with Crippen LogP contribution in [0.5, 0.6) is 0 Å². The lowest BCUT2D eigenvalue weighted by Crippen LogP contribution is -2.57. The monoisotopic (exact) mass is 787 g/mol. The van der Waals surface area contributed by atoms with Gasteiger partial charge in [0.1, 0.15) is 37.0 Å². The van der Waals surface area contributed by atoms with Crippen LogP contribution in [0.15, 0.2) is 78.9 Å². The van der Waals surface area contributed by atoms with Crippen LogP contribution in [-0.2, 0) is 49.5 Å². The third-order valence-electron chi connectivity index (χ3n) is 8.04. The number of nitrogens with two attached hydrogens (primary N) is 1. The van der Waals surface area contributed by atoms with Crippen molar-refractivity contribution in [1.29, 1.82) is 0 Å². The van der Waals surface area contributed by atoms with Gasteiger partial charge in [-0.25, -0.2) is 9.59 Å². The highest BCUT2D eigenvalue weighted by Gasteiger charge is 2.43. The maximum absolute atomic E-state index is 14.2. The Morgan fingerprint density at radius 3 is 1.81 bits per heavy atom. The first-order valence-corrected chi connectivity index (χ1v) is 18.3. The van der Waals surface area contributed by atoms with Crippen molar-refractivity contribution in [2.24, 2.45) is 5.73 Å². The predicted octanol–water partition coefficient (Wildman–Crippen LogP) is 5.29. The van der Waals surface area contributed by atoms with E-state index in [2.05, 4.69) is 10.6 Å². The maximum atomic E-state index is 14.2. The third-order valence-corrected chi connectivity index (χ3v) is 8.04. The van der Waals surface area contributed by atoms with Gasteiger partial charge in [-0.15, -0.1) is 0 Å². The summed E-state index contributed by atoms with van der Waals surface area (Å²) in [6.45, 7) is 8.83. The fraction of sp³-hybridized carbons (Fsp3) is 0.390. The average Bonchev–Trinajstić information content (AvgIpc) is 3.19. The number of nitrogens with zero attached hydrogens (tertiary/aromatic N) is 2. The van der Waals surface area contributed by atoms with Gasteiger partial charge in [-0.05, 0) is 89.8 Å². The highest BCUT2D eigenvalue weighted by Crippen LogP contribution is 2.34. The number of para-hydroxylation sites is 2. The first-order valence-electron chi connectivity index (χ1n) is 18.3. The molecule has 4 N–H and O–H groups in total. The number of esters is 3. The molecular formula is C41H49N5O11. The average molecular weight is 788 g/mol. The summed E-state index contributed by atoms with van der Waals surface area (Å²) < 4.78 is 21.6. The Balaban J connectivity index is 1.53. The second-order valence-corrected chi connectivity index (χ2v) is 15.1. The fourth-order valence-corrected chi connectivity index (χ4v) is 5.82. The molecule has 1 heterocycles. The van der Waals surface area contributed by atoms with E-state index in [0.29, 0.717) is 5.56 Å². The van der Waals surface area contributed by atoms with Crippen LogP contribution in [0, 0.1) is 0 Å². The fourth-order valence-electron chi connectivity index (χ4n) is 5.82. The molecule has 1 atom stereocenters. The van der Waals surface area contributed by atoms with Crippen molar-refractivity contribution in [3.05, 3.63) is 90.0 Å². The van der Waals surface area contributed by atoms with Gasteiger partial charge in [0, 0.05) is 12.1 Å². The SMILES string of the molecule is CC(C)(C)OC(=O)CN1C(=O)C(NC(=O)Nc2cccc(C(CCCC(=O)OCc3ccccc3)OC(N)=O)c2)C(=O)N(CC(=O)OC(C)(C)C)c2ccccc21. The molecule has 0 aliphatic carbocycles. The molecule has 5 amide bonds. The Kier molecular flexibility index (Phi) is 14.4. The Labute approximate surface area is 330 Å². The van der Waals surface area contributed by atoms with Crippen molar-refractivity contribution in [1.82, 2.24) is 5.32 Å². The molecule has 4 rings (SSSR count). The van der Waals surface area contributed by atoms with Crippen molar-refractivity contribution in [3.8, 4) is 0 Å². The van der Waals surface area contributed by atoms with Gasteiger partial charge >= 0.3 is 30.0 Å². The first kappa shape index (κ1) is 43.3. The molecule has 3 aromatic carbocycles. The predicted molar refractivity (Wildman–Crippen MR) is 209 cm³/mol. The van der Waals surface area contributed by atoms with Crippen molar-refractivity contribution in [2.75, 3.05) is 28.2 Å². The molecule has 0 bridgehead atoms. The number of amides is 5. The van der Waals surface area contributed by atoms with Crippen LogP contribution in [0.4, 0.5) is 26.7 Å². The molecule has 1 aliphatic rings. The lowest BCUT2D eigenvalue weighted by atomic mass is 10.0. The van der Waals surface area contributed by atoms with E-state index in [1.165, 1.54) is 24.3 Å². The summed E-state index contributed by atoms with van der Waals surface area (Å²) >= 11 is 0. The number of carbonyl (C=O) groups is 7. The molecule has 304 valence electrons. The van der Waals surface area contributed by atoms with E-state index in [1.807, 2.05) is 30.3 Å².